The Morgan fingerprint density at radius 1 is 0.290 bits per heavy atom. The Balaban J connectivity index is 0.897. The molecule has 2 aliphatic carbocycles. The second kappa shape index (κ2) is 13.6. The van der Waals surface area contributed by atoms with Crippen molar-refractivity contribution in [3.8, 4) is 78.7 Å². The average Bonchev–Trinajstić information content (AvgIpc) is 3.98. The minimum absolute atomic E-state index is 0.365. The highest BCUT2D eigenvalue weighted by atomic mass is 32.1. The van der Waals surface area contributed by atoms with Crippen molar-refractivity contribution in [1.29, 1.82) is 0 Å². The summed E-state index contributed by atoms with van der Waals surface area (Å²) < 4.78 is 2.49. The fourth-order valence-corrected chi connectivity index (χ4v) is 11.4. The molecule has 0 amide bonds. The maximum Gasteiger partial charge on any atom is 0.164 e. The van der Waals surface area contributed by atoms with Crippen LogP contribution in [0.4, 0.5) is 0 Å². The molecule has 1 spiro atoms. The first kappa shape index (κ1) is 35.0. The summed E-state index contributed by atoms with van der Waals surface area (Å²) in [7, 11) is 0. The van der Waals surface area contributed by atoms with Gasteiger partial charge in [0.25, 0.3) is 0 Å². The number of thiophene rings is 1. The van der Waals surface area contributed by atoms with Crippen LogP contribution in [-0.4, -0.2) is 15.0 Å². The first-order valence-electron chi connectivity index (χ1n) is 21.1. The van der Waals surface area contributed by atoms with Crippen LogP contribution >= 0.6 is 11.3 Å². The van der Waals surface area contributed by atoms with Gasteiger partial charge >= 0.3 is 0 Å². The van der Waals surface area contributed by atoms with Crippen LogP contribution in [0.25, 0.3) is 98.8 Å². The number of nitrogens with zero attached hydrogens (tertiary/aromatic N) is 3. The van der Waals surface area contributed by atoms with Crippen molar-refractivity contribution < 1.29 is 0 Å². The highest BCUT2D eigenvalue weighted by Gasteiger charge is 2.51. The lowest BCUT2D eigenvalue weighted by Crippen LogP contribution is -2.25. The van der Waals surface area contributed by atoms with Gasteiger partial charge in [-0.2, -0.15) is 0 Å². The van der Waals surface area contributed by atoms with E-state index in [4.69, 9.17) is 15.0 Å². The van der Waals surface area contributed by atoms with Gasteiger partial charge in [0.05, 0.1) is 5.41 Å². The molecule has 4 heteroatoms. The minimum Gasteiger partial charge on any atom is -0.208 e. The van der Waals surface area contributed by atoms with Gasteiger partial charge < -0.3 is 0 Å². The molecule has 0 unspecified atom stereocenters. The first-order valence-corrected chi connectivity index (χ1v) is 21.9. The van der Waals surface area contributed by atoms with E-state index in [-0.39, 0.29) is 5.41 Å². The molecule has 0 bridgehead atoms. The third kappa shape index (κ3) is 5.14. The van der Waals surface area contributed by atoms with Gasteiger partial charge in [0.1, 0.15) is 0 Å². The van der Waals surface area contributed by atoms with Crippen LogP contribution in [0.5, 0.6) is 0 Å². The second-order valence-electron chi connectivity index (χ2n) is 16.3. The van der Waals surface area contributed by atoms with Crippen LogP contribution < -0.4 is 0 Å². The van der Waals surface area contributed by atoms with Crippen molar-refractivity contribution in [3.63, 3.8) is 0 Å². The summed E-state index contributed by atoms with van der Waals surface area (Å²) in [6, 6.07) is 76.9. The Labute approximate surface area is 363 Å². The van der Waals surface area contributed by atoms with Crippen LogP contribution in [0.2, 0.25) is 0 Å². The second-order valence-corrected chi connectivity index (χ2v) is 17.3. The van der Waals surface area contributed by atoms with E-state index in [9.17, 15) is 0 Å². The number of fused-ring (bicyclic) bond motifs is 13. The van der Waals surface area contributed by atoms with E-state index in [1.807, 2.05) is 18.2 Å². The van der Waals surface area contributed by atoms with Gasteiger partial charge in [-0.25, -0.2) is 15.0 Å². The zero-order valence-electron chi connectivity index (χ0n) is 33.5. The van der Waals surface area contributed by atoms with Gasteiger partial charge in [-0.15, -0.1) is 11.3 Å². The smallest absolute Gasteiger partial charge is 0.164 e. The van der Waals surface area contributed by atoms with Gasteiger partial charge in [0.15, 0.2) is 17.5 Å². The maximum absolute atomic E-state index is 5.14. The lowest BCUT2D eigenvalue weighted by atomic mass is 9.70. The third-order valence-electron chi connectivity index (χ3n) is 13.0. The lowest BCUT2D eigenvalue weighted by Gasteiger charge is -2.30. The Hall–Kier alpha value is -7.79. The van der Waals surface area contributed by atoms with Crippen LogP contribution in [0.3, 0.4) is 0 Å². The molecule has 0 saturated heterocycles. The number of hydrogen-bond acceptors (Lipinski definition) is 4. The predicted octanol–water partition coefficient (Wildman–Crippen LogP) is 14.9. The largest absolute Gasteiger partial charge is 0.208 e. The average molecular weight is 806 g/mol. The molecule has 11 aromatic rings. The monoisotopic (exact) mass is 805 g/mol. The standard InChI is InChI=1S/C58H35N3S/c1-2-14-38(15-3-1)55-59-56(61-57(60-55)41-32-33-46-45-20-7-11-27-52(45)62-53(46)35-41)40-17-12-16-39(34-40)36-28-30-37(31-29-36)42-22-13-26-51-54(42)47-21-6-10-25-50(47)58(51)48-23-8-4-18-43(48)44-19-5-9-24-49(44)58/h1-35H. The van der Waals surface area contributed by atoms with E-state index in [0.717, 1.165) is 27.8 Å². The van der Waals surface area contributed by atoms with E-state index in [2.05, 4.69) is 194 Å². The van der Waals surface area contributed by atoms with Crippen molar-refractivity contribution in [1.82, 2.24) is 15.0 Å². The van der Waals surface area contributed by atoms with Crippen molar-refractivity contribution >= 4 is 31.5 Å². The SMILES string of the molecule is c1ccc(-c2nc(-c3cccc(-c4ccc(-c5cccc6c5-c5ccccc5C65c6ccccc6-c6ccccc65)cc4)c3)nc(-c3ccc4c(c3)sc3ccccc34)n2)cc1. The topological polar surface area (TPSA) is 38.7 Å². The van der Waals surface area contributed by atoms with Gasteiger partial charge in [-0.3, -0.25) is 0 Å². The Morgan fingerprint density at radius 3 is 1.52 bits per heavy atom. The quantitative estimate of drug-likeness (QED) is 0.174. The predicted molar refractivity (Wildman–Crippen MR) is 256 cm³/mol. The van der Waals surface area contributed by atoms with Crippen LogP contribution in [-0.2, 0) is 5.41 Å². The number of rotatable bonds is 5. The van der Waals surface area contributed by atoms with E-state index in [1.54, 1.807) is 11.3 Å². The summed E-state index contributed by atoms with van der Waals surface area (Å²) in [5.41, 5.74) is 17.8. The van der Waals surface area contributed by atoms with Crippen LogP contribution in [0, 0.1) is 0 Å². The molecule has 0 atom stereocenters. The summed E-state index contributed by atoms with van der Waals surface area (Å²) in [4.78, 5) is 15.3. The van der Waals surface area contributed by atoms with E-state index >= 15 is 0 Å². The molecule has 0 radical (unpaired) electrons. The fraction of sp³-hybridized carbons (Fsp3) is 0.0172. The number of hydrogen-bond donors (Lipinski definition) is 0. The van der Waals surface area contributed by atoms with E-state index in [0.29, 0.717) is 17.5 Å². The Kier molecular flexibility index (Phi) is 7.69. The van der Waals surface area contributed by atoms with Gasteiger partial charge in [0, 0.05) is 36.9 Å². The highest BCUT2D eigenvalue weighted by Crippen LogP contribution is 2.63. The van der Waals surface area contributed by atoms with E-state index in [1.165, 1.54) is 75.8 Å². The molecule has 3 nitrogen and oxygen atoms in total. The molecule has 0 fully saturated rings. The normalized spacial score (nSPS) is 13.0. The van der Waals surface area contributed by atoms with Crippen LogP contribution in [0.15, 0.2) is 212 Å². The molecule has 9 aromatic carbocycles. The molecule has 13 rings (SSSR count). The highest BCUT2D eigenvalue weighted by molar-refractivity contribution is 7.25. The first-order chi connectivity index (χ1) is 30.7. The molecular weight excluding hydrogens is 771 g/mol. The molecule has 2 heterocycles. The molecule has 2 aromatic heterocycles. The number of aromatic nitrogens is 3. The summed E-state index contributed by atoms with van der Waals surface area (Å²) in [6.07, 6.45) is 0. The van der Waals surface area contributed by atoms with Gasteiger partial charge in [-0.1, -0.05) is 194 Å². The Morgan fingerprint density at radius 2 is 0.774 bits per heavy atom. The van der Waals surface area contributed by atoms with Crippen molar-refractivity contribution in [2.45, 2.75) is 5.41 Å². The summed E-state index contributed by atoms with van der Waals surface area (Å²) in [6.45, 7) is 0. The molecule has 62 heavy (non-hydrogen) atoms. The Bertz CT molecular complexity index is 3540. The molecule has 0 saturated carbocycles. The molecular formula is C58H35N3S. The molecule has 2 aliphatic rings. The van der Waals surface area contributed by atoms with Gasteiger partial charge in [-0.05, 0) is 85.0 Å². The zero-order valence-corrected chi connectivity index (χ0v) is 34.3. The number of benzene rings is 9. The van der Waals surface area contributed by atoms with Gasteiger partial charge in [0.2, 0.25) is 0 Å². The molecule has 288 valence electrons. The van der Waals surface area contributed by atoms with Crippen molar-refractivity contribution in [2.24, 2.45) is 0 Å². The lowest BCUT2D eigenvalue weighted by molar-refractivity contribution is 0.794. The molecule has 0 N–H and O–H groups in total. The third-order valence-corrected chi connectivity index (χ3v) is 14.1. The summed E-state index contributed by atoms with van der Waals surface area (Å²) >= 11 is 1.80. The minimum atomic E-state index is -0.365. The zero-order chi connectivity index (χ0) is 40.8. The van der Waals surface area contributed by atoms with Crippen molar-refractivity contribution in [2.75, 3.05) is 0 Å². The van der Waals surface area contributed by atoms with E-state index < -0.39 is 0 Å². The summed E-state index contributed by atoms with van der Waals surface area (Å²) in [5, 5.41) is 2.53. The summed E-state index contributed by atoms with van der Waals surface area (Å²) in [5.74, 6) is 1.96. The molecule has 0 aliphatic heterocycles. The maximum atomic E-state index is 5.14. The van der Waals surface area contributed by atoms with Crippen LogP contribution in [0.1, 0.15) is 22.3 Å². The fourth-order valence-electron chi connectivity index (χ4n) is 10.3. The van der Waals surface area contributed by atoms with Crippen molar-refractivity contribution in [3.05, 3.63) is 235 Å².